The van der Waals surface area contributed by atoms with Crippen molar-refractivity contribution in [1.82, 2.24) is 0 Å². The fourth-order valence-corrected chi connectivity index (χ4v) is 4.72. The predicted molar refractivity (Wildman–Crippen MR) is 85.8 cm³/mol. The van der Waals surface area contributed by atoms with Crippen molar-refractivity contribution in [3.05, 3.63) is 0 Å². The first-order valence-corrected chi connectivity index (χ1v) is 9.48. The number of carbonyl (C=O) groups is 1. The molecule has 7 heteroatoms. The second-order valence-corrected chi connectivity index (χ2v) is 7.61. The maximum atomic E-state index is 11.6. The van der Waals surface area contributed by atoms with Gasteiger partial charge in [-0.15, -0.1) is 0 Å². The molecule has 1 N–H and O–H groups in total. The van der Waals surface area contributed by atoms with E-state index in [2.05, 4.69) is 0 Å². The number of hydrogen-bond acceptors (Lipinski definition) is 7. The lowest BCUT2D eigenvalue weighted by Crippen LogP contribution is -2.60. The lowest BCUT2D eigenvalue weighted by Gasteiger charge is -2.46. The Bertz CT molecular complexity index is 490. The van der Waals surface area contributed by atoms with Crippen molar-refractivity contribution in [2.45, 2.75) is 93.8 Å². The molecule has 1 spiro atoms. The van der Waals surface area contributed by atoms with Gasteiger partial charge in [-0.1, -0.05) is 6.42 Å². The number of hydrogen-bond donors (Lipinski definition) is 1. The first-order valence-electron chi connectivity index (χ1n) is 9.48. The standard InChI is InChI=1S/C18H28O7/c1-21-14(20)9-11-5-6-12-15(22-11)17-16(13(10-19)23-12)24-18(25-17)7-3-2-4-8-18/h11-13,15-17,19H,2-10H2,1H3/t11?,12-,13-,15-,16+,17-/m0/s1. The lowest BCUT2D eigenvalue weighted by atomic mass is 9.89. The average Bonchev–Trinajstić information content (AvgIpc) is 3.00. The second-order valence-electron chi connectivity index (χ2n) is 7.61. The monoisotopic (exact) mass is 356 g/mol. The number of carbonyl (C=O) groups excluding carboxylic acids is 1. The lowest BCUT2D eigenvalue weighted by molar-refractivity contribution is -0.244. The highest BCUT2D eigenvalue weighted by Crippen LogP contribution is 2.47. The van der Waals surface area contributed by atoms with Crippen molar-refractivity contribution in [2.75, 3.05) is 13.7 Å². The van der Waals surface area contributed by atoms with Gasteiger partial charge in [0.05, 0.1) is 32.3 Å². The van der Waals surface area contributed by atoms with E-state index in [1.54, 1.807) is 0 Å². The second kappa shape index (κ2) is 7.12. The SMILES string of the molecule is COC(=O)CC1CC[C@@H]2O[C@@H](CO)[C@H]3OC4(CCCCC4)O[C@H]3[C@H]2O1. The third-order valence-corrected chi connectivity index (χ3v) is 5.97. The molecule has 0 aromatic rings. The van der Waals surface area contributed by atoms with Crippen molar-refractivity contribution in [1.29, 1.82) is 0 Å². The highest BCUT2D eigenvalue weighted by Gasteiger charge is 2.59. The summed E-state index contributed by atoms with van der Waals surface area (Å²) in [5.74, 6) is -0.824. The van der Waals surface area contributed by atoms with Crippen LogP contribution >= 0.6 is 0 Å². The van der Waals surface area contributed by atoms with Gasteiger partial charge in [0, 0.05) is 12.8 Å². The fraction of sp³-hybridized carbons (Fsp3) is 0.944. The van der Waals surface area contributed by atoms with Gasteiger partial charge in [0.25, 0.3) is 0 Å². The normalized spacial score (nSPS) is 42.6. The molecule has 6 atom stereocenters. The minimum Gasteiger partial charge on any atom is -0.469 e. The maximum absolute atomic E-state index is 11.6. The summed E-state index contributed by atoms with van der Waals surface area (Å²) in [5, 5.41) is 9.76. The van der Waals surface area contributed by atoms with E-state index >= 15 is 0 Å². The smallest absolute Gasteiger partial charge is 0.308 e. The quantitative estimate of drug-likeness (QED) is 0.763. The Morgan fingerprint density at radius 3 is 2.56 bits per heavy atom. The molecule has 0 bridgehead atoms. The molecule has 4 aliphatic rings. The average molecular weight is 356 g/mol. The summed E-state index contributed by atoms with van der Waals surface area (Å²) < 4.78 is 29.7. The van der Waals surface area contributed by atoms with Gasteiger partial charge in [-0.25, -0.2) is 0 Å². The zero-order valence-electron chi connectivity index (χ0n) is 14.7. The Morgan fingerprint density at radius 1 is 1.08 bits per heavy atom. The predicted octanol–water partition coefficient (Wildman–Crippen LogP) is 1.30. The van der Waals surface area contributed by atoms with Crippen LogP contribution in [0.3, 0.4) is 0 Å². The zero-order valence-corrected chi connectivity index (χ0v) is 14.7. The summed E-state index contributed by atoms with van der Waals surface area (Å²) in [6.07, 6.45) is 5.35. The number of ether oxygens (including phenoxy) is 5. The van der Waals surface area contributed by atoms with Crippen LogP contribution in [-0.4, -0.2) is 67.2 Å². The molecule has 3 aliphatic heterocycles. The van der Waals surface area contributed by atoms with E-state index in [0.29, 0.717) is 0 Å². The minimum absolute atomic E-state index is 0.0879. The summed E-state index contributed by atoms with van der Waals surface area (Å²) in [6, 6.07) is 0. The molecule has 1 unspecified atom stereocenters. The van der Waals surface area contributed by atoms with Crippen molar-refractivity contribution in [2.24, 2.45) is 0 Å². The van der Waals surface area contributed by atoms with Crippen molar-refractivity contribution in [3.63, 3.8) is 0 Å². The molecule has 4 rings (SSSR count). The third-order valence-electron chi connectivity index (χ3n) is 5.97. The highest BCUT2D eigenvalue weighted by atomic mass is 16.8. The molecular weight excluding hydrogens is 328 g/mol. The maximum Gasteiger partial charge on any atom is 0.308 e. The van der Waals surface area contributed by atoms with Crippen LogP contribution < -0.4 is 0 Å². The van der Waals surface area contributed by atoms with Gasteiger partial charge in [-0.3, -0.25) is 4.79 Å². The van der Waals surface area contributed by atoms with Crippen LogP contribution in [0.1, 0.15) is 51.4 Å². The molecule has 0 aromatic heterocycles. The van der Waals surface area contributed by atoms with Gasteiger partial charge < -0.3 is 28.8 Å². The Hall–Kier alpha value is -0.730. The van der Waals surface area contributed by atoms with Gasteiger partial charge in [-0.2, -0.15) is 0 Å². The molecule has 142 valence electrons. The van der Waals surface area contributed by atoms with Crippen LogP contribution in [0.25, 0.3) is 0 Å². The first kappa shape index (κ1) is 17.7. The topological polar surface area (TPSA) is 83.5 Å². The van der Waals surface area contributed by atoms with E-state index in [0.717, 1.165) is 38.5 Å². The van der Waals surface area contributed by atoms with Crippen LogP contribution in [0.15, 0.2) is 0 Å². The van der Waals surface area contributed by atoms with Crippen LogP contribution in [0.4, 0.5) is 0 Å². The summed E-state index contributed by atoms with van der Waals surface area (Å²) in [7, 11) is 1.39. The molecule has 4 fully saturated rings. The summed E-state index contributed by atoms with van der Waals surface area (Å²) in [6.45, 7) is -0.0879. The zero-order chi connectivity index (χ0) is 17.4. The number of methoxy groups -OCH3 is 1. The summed E-state index contributed by atoms with van der Waals surface area (Å²) >= 11 is 0. The number of esters is 1. The molecule has 1 aliphatic carbocycles. The molecule has 0 aromatic carbocycles. The van der Waals surface area contributed by atoms with Crippen LogP contribution in [0.2, 0.25) is 0 Å². The Labute approximate surface area is 147 Å². The van der Waals surface area contributed by atoms with E-state index in [-0.39, 0.29) is 55.6 Å². The van der Waals surface area contributed by atoms with Crippen molar-refractivity contribution in [3.8, 4) is 0 Å². The molecule has 0 radical (unpaired) electrons. The van der Waals surface area contributed by atoms with E-state index < -0.39 is 5.79 Å². The third kappa shape index (κ3) is 3.32. The van der Waals surface area contributed by atoms with Gasteiger partial charge in [0.15, 0.2) is 5.79 Å². The van der Waals surface area contributed by atoms with Crippen LogP contribution in [-0.2, 0) is 28.5 Å². The van der Waals surface area contributed by atoms with Gasteiger partial charge in [0.1, 0.15) is 24.4 Å². The number of aliphatic hydroxyl groups is 1. The Morgan fingerprint density at radius 2 is 1.84 bits per heavy atom. The molecule has 7 nitrogen and oxygen atoms in total. The summed E-state index contributed by atoms with van der Waals surface area (Å²) in [4.78, 5) is 11.6. The van der Waals surface area contributed by atoms with E-state index in [9.17, 15) is 9.90 Å². The highest BCUT2D eigenvalue weighted by molar-refractivity contribution is 5.69. The Balaban J connectivity index is 1.50. The van der Waals surface area contributed by atoms with Gasteiger partial charge >= 0.3 is 5.97 Å². The summed E-state index contributed by atoms with van der Waals surface area (Å²) in [5.41, 5.74) is 0. The fourth-order valence-electron chi connectivity index (χ4n) is 4.72. The number of rotatable bonds is 3. The van der Waals surface area contributed by atoms with Crippen molar-refractivity contribution < 1.29 is 33.6 Å². The molecule has 0 amide bonds. The molecular formula is C18H28O7. The van der Waals surface area contributed by atoms with Crippen LogP contribution in [0.5, 0.6) is 0 Å². The van der Waals surface area contributed by atoms with Crippen molar-refractivity contribution >= 4 is 5.97 Å². The van der Waals surface area contributed by atoms with Gasteiger partial charge in [-0.05, 0) is 25.7 Å². The first-order chi connectivity index (χ1) is 12.1. The van der Waals surface area contributed by atoms with Gasteiger partial charge in [0.2, 0.25) is 0 Å². The molecule has 3 heterocycles. The van der Waals surface area contributed by atoms with E-state index in [4.69, 9.17) is 23.7 Å². The number of aliphatic hydroxyl groups excluding tert-OH is 1. The number of fused-ring (bicyclic) bond motifs is 3. The largest absolute Gasteiger partial charge is 0.469 e. The van der Waals surface area contributed by atoms with Crippen LogP contribution in [0, 0.1) is 0 Å². The molecule has 3 saturated heterocycles. The van der Waals surface area contributed by atoms with E-state index in [1.165, 1.54) is 13.5 Å². The Kier molecular flexibility index (Phi) is 5.03. The van der Waals surface area contributed by atoms with E-state index in [1.807, 2.05) is 0 Å². The molecule has 1 saturated carbocycles. The minimum atomic E-state index is -0.558. The molecule has 25 heavy (non-hydrogen) atoms.